The fourth-order valence-corrected chi connectivity index (χ4v) is 4.65. The van der Waals surface area contributed by atoms with Crippen molar-refractivity contribution in [2.24, 2.45) is 0 Å². The Labute approximate surface area is 200 Å². The molecule has 5 rings (SSSR count). The van der Waals surface area contributed by atoms with E-state index in [1.807, 2.05) is 42.5 Å². The van der Waals surface area contributed by atoms with Gasteiger partial charge in [-0.05, 0) is 53.4 Å². The lowest BCUT2D eigenvalue weighted by molar-refractivity contribution is -0.130. The average Bonchev–Trinajstić information content (AvgIpc) is 3.49. The zero-order valence-corrected chi connectivity index (χ0v) is 18.8. The summed E-state index contributed by atoms with van der Waals surface area (Å²) in [6.07, 6.45) is 1.64. The molecule has 6 nitrogen and oxygen atoms in total. The molecule has 34 heavy (non-hydrogen) atoms. The Bertz CT molecular complexity index is 1350. The number of hydrogen-bond donors (Lipinski definition) is 1. The van der Waals surface area contributed by atoms with Crippen molar-refractivity contribution >= 4 is 23.0 Å². The summed E-state index contributed by atoms with van der Waals surface area (Å²) in [6.45, 7) is 0.138. The number of aliphatic hydroxyl groups excluding tert-OH is 1. The van der Waals surface area contributed by atoms with E-state index >= 15 is 0 Å². The highest BCUT2D eigenvalue weighted by Gasteiger charge is 2.44. The standard InChI is InChI=1S/C27H20N2O4S/c30-25(22-13-7-15-34-22)23-24(29(27(32)26(23)31)17-19-9-4-5-14-28-19)18-8-6-12-21(16-18)33-20-10-2-1-3-11-20/h1-16,24,31H,17H2. The zero-order valence-electron chi connectivity index (χ0n) is 18.0. The van der Waals surface area contributed by atoms with E-state index in [4.69, 9.17) is 4.74 Å². The summed E-state index contributed by atoms with van der Waals surface area (Å²) in [5.41, 5.74) is 1.36. The third-order valence-electron chi connectivity index (χ3n) is 5.50. The number of ether oxygens (including phenoxy) is 1. The highest BCUT2D eigenvalue weighted by Crippen LogP contribution is 2.41. The molecular formula is C27H20N2O4S. The van der Waals surface area contributed by atoms with Crippen LogP contribution in [0.25, 0.3) is 0 Å². The van der Waals surface area contributed by atoms with E-state index in [-0.39, 0.29) is 17.9 Å². The number of pyridine rings is 1. The molecule has 1 aliphatic rings. The van der Waals surface area contributed by atoms with Gasteiger partial charge in [0.15, 0.2) is 5.76 Å². The molecule has 1 atom stereocenters. The van der Waals surface area contributed by atoms with E-state index in [1.54, 1.807) is 54.0 Å². The molecule has 2 aromatic heterocycles. The predicted octanol–water partition coefficient (Wildman–Crippen LogP) is 5.71. The van der Waals surface area contributed by atoms with Crippen molar-refractivity contribution < 1.29 is 19.4 Å². The second-order valence-corrected chi connectivity index (χ2v) is 8.66. The molecule has 0 saturated carbocycles. The topological polar surface area (TPSA) is 79.7 Å². The number of thiophene rings is 1. The predicted molar refractivity (Wildman–Crippen MR) is 129 cm³/mol. The van der Waals surface area contributed by atoms with Crippen LogP contribution in [0.15, 0.2) is 108 Å². The summed E-state index contributed by atoms with van der Waals surface area (Å²) in [5.74, 6) is -0.286. The second-order valence-electron chi connectivity index (χ2n) is 7.71. The van der Waals surface area contributed by atoms with Gasteiger partial charge in [-0.15, -0.1) is 11.3 Å². The van der Waals surface area contributed by atoms with E-state index in [2.05, 4.69) is 4.98 Å². The van der Waals surface area contributed by atoms with Crippen molar-refractivity contribution in [2.75, 3.05) is 0 Å². The first-order chi connectivity index (χ1) is 16.6. The van der Waals surface area contributed by atoms with Gasteiger partial charge in [-0.1, -0.05) is 42.5 Å². The summed E-state index contributed by atoms with van der Waals surface area (Å²) >= 11 is 1.27. The highest BCUT2D eigenvalue weighted by atomic mass is 32.1. The van der Waals surface area contributed by atoms with E-state index in [0.717, 1.165) is 0 Å². The van der Waals surface area contributed by atoms with Crippen LogP contribution in [-0.4, -0.2) is 26.7 Å². The fraction of sp³-hybridized carbons (Fsp3) is 0.0741. The minimum Gasteiger partial charge on any atom is -0.503 e. The molecular weight excluding hydrogens is 448 g/mol. The van der Waals surface area contributed by atoms with Gasteiger partial charge in [0.2, 0.25) is 5.78 Å². The first kappa shape index (κ1) is 21.6. The van der Waals surface area contributed by atoms with E-state index in [1.165, 1.54) is 16.2 Å². The number of Topliss-reactive ketones (excluding diaryl/α,β-unsaturated/α-hetero) is 1. The maximum Gasteiger partial charge on any atom is 0.290 e. The van der Waals surface area contributed by atoms with Crippen LogP contribution in [-0.2, 0) is 11.3 Å². The highest BCUT2D eigenvalue weighted by molar-refractivity contribution is 7.12. The monoisotopic (exact) mass is 468 g/mol. The molecule has 2 aromatic carbocycles. The van der Waals surface area contributed by atoms with Crippen LogP contribution in [0.4, 0.5) is 0 Å². The number of aromatic nitrogens is 1. The third-order valence-corrected chi connectivity index (χ3v) is 6.37. The molecule has 0 radical (unpaired) electrons. The second kappa shape index (κ2) is 9.33. The van der Waals surface area contributed by atoms with Crippen molar-refractivity contribution in [1.29, 1.82) is 0 Å². The van der Waals surface area contributed by atoms with Crippen LogP contribution in [0.3, 0.4) is 0 Å². The summed E-state index contributed by atoms with van der Waals surface area (Å²) in [7, 11) is 0. The number of aliphatic hydroxyl groups is 1. The number of benzene rings is 2. The number of rotatable bonds is 7. The number of hydrogen-bond acceptors (Lipinski definition) is 6. The summed E-state index contributed by atoms with van der Waals surface area (Å²) in [5, 5.41) is 12.6. The lowest BCUT2D eigenvalue weighted by Gasteiger charge is -2.26. The molecule has 1 N–H and O–H groups in total. The fourth-order valence-electron chi connectivity index (χ4n) is 3.97. The normalized spacial score (nSPS) is 15.6. The van der Waals surface area contributed by atoms with Crippen LogP contribution in [0.2, 0.25) is 0 Å². The third kappa shape index (κ3) is 4.21. The SMILES string of the molecule is O=C(C1=C(O)C(=O)N(Cc2ccccn2)C1c1cccc(Oc2ccccc2)c1)c1cccs1. The molecule has 0 spiro atoms. The largest absolute Gasteiger partial charge is 0.503 e. The van der Waals surface area contributed by atoms with E-state index in [9.17, 15) is 14.7 Å². The lowest BCUT2D eigenvalue weighted by atomic mass is 9.95. The van der Waals surface area contributed by atoms with Gasteiger partial charge >= 0.3 is 0 Å². The average molecular weight is 469 g/mol. The molecule has 1 aliphatic heterocycles. The van der Waals surface area contributed by atoms with Gasteiger partial charge in [-0.2, -0.15) is 0 Å². The number of ketones is 1. The first-order valence-corrected chi connectivity index (χ1v) is 11.5. The minimum atomic E-state index is -0.788. The molecule has 7 heteroatoms. The molecule has 0 saturated heterocycles. The Kier molecular flexibility index (Phi) is 5.93. The Morgan fingerprint density at radius 1 is 0.971 bits per heavy atom. The molecule has 0 bridgehead atoms. The Hall–Kier alpha value is -4.23. The number of para-hydroxylation sites is 1. The Morgan fingerprint density at radius 3 is 2.50 bits per heavy atom. The molecule has 168 valence electrons. The minimum absolute atomic E-state index is 0.0558. The molecule has 0 aliphatic carbocycles. The van der Waals surface area contributed by atoms with Crippen LogP contribution < -0.4 is 4.74 Å². The van der Waals surface area contributed by atoms with Crippen LogP contribution in [0, 0.1) is 0 Å². The summed E-state index contributed by atoms with van der Waals surface area (Å²) in [6, 6.07) is 24.6. The zero-order chi connectivity index (χ0) is 23.5. The number of carbonyl (C=O) groups excluding carboxylic acids is 2. The van der Waals surface area contributed by atoms with Gasteiger partial charge in [0.1, 0.15) is 11.5 Å². The molecule has 1 unspecified atom stereocenters. The molecule has 4 aromatic rings. The Morgan fingerprint density at radius 2 is 1.76 bits per heavy atom. The maximum absolute atomic E-state index is 13.4. The molecule has 1 amide bonds. The quantitative estimate of drug-likeness (QED) is 0.351. The summed E-state index contributed by atoms with van der Waals surface area (Å²) < 4.78 is 5.98. The van der Waals surface area contributed by atoms with Gasteiger partial charge in [-0.25, -0.2) is 0 Å². The van der Waals surface area contributed by atoms with Crippen molar-refractivity contribution in [2.45, 2.75) is 12.6 Å². The molecule has 0 fully saturated rings. The van der Waals surface area contributed by atoms with E-state index in [0.29, 0.717) is 27.6 Å². The van der Waals surface area contributed by atoms with Gasteiger partial charge in [0, 0.05) is 6.20 Å². The van der Waals surface area contributed by atoms with Crippen molar-refractivity contribution in [1.82, 2.24) is 9.88 Å². The van der Waals surface area contributed by atoms with Crippen molar-refractivity contribution in [3.8, 4) is 11.5 Å². The van der Waals surface area contributed by atoms with Crippen LogP contribution >= 0.6 is 11.3 Å². The smallest absolute Gasteiger partial charge is 0.290 e. The van der Waals surface area contributed by atoms with Gasteiger partial charge < -0.3 is 14.7 Å². The van der Waals surface area contributed by atoms with Crippen molar-refractivity contribution in [3.63, 3.8) is 0 Å². The van der Waals surface area contributed by atoms with Crippen molar-refractivity contribution in [3.05, 3.63) is 124 Å². The molecule has 3 heterocycles. The van der Waals surface area contributed by atoms with Crippen LogP contribution in [0.1, 0.15) is 27.0 Å². The maximum atomic E-state index is 13.4. The van der Waals surface area contributed by atoms with E-state index < -0.39 is 17.7 Å². The van der Waals surface area contributed by atoms with Gasteiger partial charge in [-0.3, -0.25) is 14.6 Å². The number of nitrogens with zero attached hydrogens (tertiary/aromatic N) is 2. The van der Waals surface area contributed by atoms with Gasteiger partial charge in [0.05, 0.1) is 28.7 Å². The number of amides is 1. The summed E-state index contributed by atoms with van der Waals surface area (Å²) in [4.78, 5) is 32.8. The Balaban J connectivity index is 1.56. The first-order valence-electron chi connectivity index (χ1n) is 10.7. The number of carbonyl (C=O) groups is 2. The lowest BCUT2D eigenvalue weighted by Crippen LogP contribution is -2.31. The van der Waals surface area contributed by atoms with Gasteiger partial charge in [0.25, 0.3) is 5.91 Å². The van der Waals surface area contributed by atoms with Crippen LogP contribution in [0.5, 0.6) is 11.5 Å².